The van der Waals surface area contributed by atoms with Gasteiger partial charge in [0.05, 0.1) is 0 Å². The molecular formula is C16H15N5O. The average Bonchev–Trinajstić information content (AvgIpc) is 3.03. The van der Waals surface area contributed by atoms with E-state index in [0.29, 0.717) is 11.8 Å². The van der Waals surface area contributed by atoms with Gasteiger partial charge in [-0.15, -0.1) is 10.2 Å². The zero-order valence-corrected chi connectivity index (χ0v) is 12.2. The lowest BCUT2D eigenvalue weighted by Gasteiger charge is -2.01. The summed E-state index contributed by atoms with van der Waals surface area (Å²) in [5, 5.41) is 28.2. The van der Waals surface area contributed by atoms with E-state index in [2.05, 4.69) is 22.4 Å². The van der Waals surface area contributed by atoms with Gasteiger partial charge < -0.3 is 9.73 Å². The molecule has 0 aliphatic carbocycles. The summed E-state index contributed by atoms with van der Waals surface area (Å²) in [5.74, 6) is 1.14. The van der Waals surface area contributed by atoms with Crippen LogP contribution >= 0.6 is 0 Å². The van der Waals surface area contributed by atoms with Crippen LogP contribution in [0.1, 0.15) is 25.7 Å². The first-order chi connectivity index (χ1) is 10.8. The summed E-state index contributed by atoms with van der Waals surface area (Å²) in [6, 6.07) is 10.9. The molecule has 0 unspecified atom stereocenters. The number of anilines is 1. The van der Waals surface area contributed by atoms with Gasteiger partial charge in [0.1, 0.15) is 17.7 Å². The summed E-state index contributed by atoms with van der Waals surface area (Å²) in [5.41, 5.74) is 1.60. The third-order valence-corrected chi connectivity index (χ3v) is 2.97. The van der Waals surface area contributed by atoms with Gasteiger partial charge in [-0.1, -0.05) is 13.3 Å². The molecule has 0 saturated carbocycles. The number of nitrogens with one attached hydrogen (secondary N) is 1. The van der Waals surface area contributed by atoms with Gasteiger partial charge >= 0.3 is 0 Å². The molecule has 0 fully saturated rings. The zero-order valence-electron chi connectivity index (χ0n) is 12.2. The summed E-state index contributed by atoms with van der Waals surface area (Å²) in [7, 11) is 0. The smallest absolute Gasteiger partial charge is 0.247 e. The number of nitrogens with zero attached hydrogens (tertiary/aromatic N) is 4. The van der Waals surface area contributed by atoms with Gasteiger partial charge in [0.15, 0.2) is 0 Å². The molecule has 22 heavy (non-hydrogen) atoms. The molecule has 1 N–H and O–H groups in total. The van der Waals surface area contributed by atoms with E-state index in [1.807, 2.05) is 24.3 Å². The Morgan fingerprint density at radius 2 is 1.95 bits per heavy atom. The van der Waals surface area contributed by atoms with Crippen LogP contribution in [0.3, 0.4) is 0 Å². The van der Waals surface area contributed by atoms with Gasteiger partial charge in [-0.3, -0.25) is 0 Å². The topological polar surface area (TPSA) is 98.5 Å². The van der Waals surface area contributed by atoms with Crippen LogP contribution in [0.5, 0.6) is 0 Å². The molecule has 0 saturated heterocycles. The highest BCUT2D eigenvalue weighted by atomic mass is 16.4. The lowest BCUT2D eigenvalue weighted by atomic mass is 10.2. The number of aromatic nitrogens is 2. The van der Waals surface area contributed by atoms with Gasteiger partial charge in [-0.2, -0.15) is 10.5 Å². The Hall–Kier alpha value is -3.12. The fraction of sp³-hybridized carbons (Fsp3) is 0.250. The van der Waals surface area contributed by atoms with E-state index in [-0.39, 0.29) is 5.57 Å². The third-order valence-electron chi connectivity index (χ3n) is 2.97. The highest BCUT2D eigenvalue weighted by Crippen LogP contribution is 2.20. The van der Waals surface area contributed by atoms with Crippen molar-refractivity contribution >= 4 is 5.69 Å². The second-order valence-electron chi connectivity index (χ2n) is 4.61. The SMILES string of the molecule is CCCCc1nnc(-c2ccc(NC=C(C#N)C#N)cc2)o1. The fourth-order valence-electron chi connectivity index (χ4n) is 1.75. The van der Waals surface area contributed by atoms with Gasteiger partial charge in [-0.25, -0.2) is 0 Å². The number of hydrogen-bond acceptors (Lipinski definition) is 6. The number of unbranched alkanes of at least 4 members (excludes halogenated alkanes) is 1. The highest BCUT2D eigenvalue weighted by Gasteiger charge is 2.07. The molecule has 1 aromatic carbocycles. The molecule has 2 aromatic rings. The van der Waals surface area contributed by atoms with Crippen LogP contribution in [-0.2, 0) is 6.42 Å². The Morgan fingerprint density at radius 1 is 1.23 bits per heavy atom. The van der Waals surface area contributed by atoms with Crippen molar-refractivity contribution in [1.82, 2.24) is 10.2 Å². The van der Waals surface area contributed by atoms with Crippen molar-refractivity contribution in [2.24, 2.45) is 0 Å². The fourth-order valence-corrected chi connectivity index (χ4v) is 1.75. The van der Waals surface area contributed by atoms with Crippen LogP contribution in [-0.4, -0.2) is 10.2 Å². The Morgan fingerprint density at radius 3 is 2.59 bits per heavy atom. The lowest BCUT2D eigenvalue weighted by molar-refractivity contribution is 0.496. The largest absolute Gasteiger partial charge is 0.421 e. The van der Waals surface area contributed by atoms with Crippen molar-refractivity contribution in [3.05, 3.63) is 41.9 Å². The Bertz CT molecular complexity index is 715. The van der Waals surface area contributed by atoms with Crippen LogP contribution < -0.4 is 5.32 Å². The second-order valence-corrected chi connectivity index (χ2v) is 4.61. The minimum atomic E-state index is 0.0153. The summed E-state index contributed by atoms with van der Waals surface area (Å²) in [6.07, 6.45) is 4.26. The van der Waals surface area contributed by atoms with E-state index >= 15 is 0 Å². The highest BCUT2D eigenvalue weighted by molar-refractivity contribution is 5.59. The summed E-state index contributed by atoms with van der Waals surface area (Å²) >= 11 is 0. The van der Waals surface area contributed by atoms with Crippen molar-refractivity contribution in [3.63, 3.8) is 0 Å². The first-order valence-corrected chi connectivity index (χ1v) is 6.96. The summed E-state index contributed by atoms with van der Waals surface area (Å²) < 4.78 is 5.60. The molecule has 0 radical (unpaired) electrons. The van der Waals surface area contributed by atoms with Gasteiger partial charge in [-0.05, 0) is 30.7 Å². The Labute approximate surface area is 128 Å². The zero-order chi connectivity index (χ0) is 15.8. The quantitative estimate of drug-likeness (QED) is 0.819. The van der Waals surface area contributed by atoms with Crippen LogP contribution in [0.2, 0.25) is 0 Å². The van der Waals surface area contributed by atoms with E-state index < -0.39 is 0 Å². The molecule has 6 heteroatoms. The molecule has 6 nitrogen and oxygen atoms in total. The third kappa shape index (κ3) is 3.94. The standard InChI is InChI=1S/C16H15N5O/c1-2-3-4-15-20-21-16(22-15)13-5-7-14(8-6-13)19-11-12(9-17)10-18/h5-8,11,19H,2-4H2,1H3. The molecule has 0 spiro atoms. The number of aryl methyl sites for hydroxylation is 1. The van der Waals surface area contributed by atoms with E-state index in [4.69, 9.17) is 14.9 Å². The maximum absolute atomic E-state index is 8.65. The molecular weight excluding hydrogens is 278 g/mol. The first-order valence-electron chi connectivity index (χ1n) is 6.96. The minimum absolute atomic E-state index is 0.0153. The van der Waals surface area contributed by atoms with Crippen LogP contribution in [0, 0.1) is 22.7 Å². The van der Waals surface area contributed by atoms with Crippen LogP contribution in [0.25, 0.3) is 11.5 Å². The molecule has 110 valence electrons. The summed E-state index contributed by atoms with van der Waals surface area (Å²) in [6.45, 7) is 2.11. The van der Waals surface area contributed by atoms with Crippen molar-refractivity contribution in [2.75, 3.05) is 5.32 Å². The van der Waals surface area contributed by atoms with E-state index in [1.54, 1.807) is 12.1 Å². The predicted molar refractivity (Wildman–Crippen MR) is 81.3 cm³/mol. The van der Waals surface area contributed by atoms with E-state index in [1.165, 1.54) is 6.20 Å². The van der Waals surface area contributed by atoms with Crippen LogP contribution in [0.15, 0.2) is 40.5 Å². The number of allylic oxidation sites excluding steroid dienone is 1. The molecule has 0 aliphatic heterocycles. The maximum atomic E-state index is 8.65. The molecule has 0 amide bonds. The number of hydrogen-bond donors (Lipinski definition) is 1. The molecule has 1 heterocycles. The number of rotatable bonds is 6. The van der Waals surface area contributed by atoms with Gasteiger partial charge in [0.2, 0.25) is 11.8 Å². The average molecular weight is 293 g/mol. The van der Waals surface area contributed by atoms with Crippen molar-refractivity contribution < 1.29 is 4.42 Å². The first kappa shape index (κ1) is 15.3. The van der Waals surface area contributed by atoms with Crippen molar-refractivity contribution in [3.8, 4) is 23.6 Å². The monoisotopic (exact) mass is 293 g/mol. The lowest BCUT2D eigenvalue weighted by Crippen LogP contribution is -1.89. The summed E-state index contributed by atoms with van der Waals surface area (Å²) in [4.78, 5) is 0. The van der Waals surface area contributed by atoms with Crippen molar-refractivity contribution in [2.45, 2.75) is 26.2 Å². The van der Waals surface area contributed by atoms with E-state index in [0.717, 1.165) is 30.5 Å². The molecule has 0 aliphatic rings. The Balaban J connectivity index is 2.06. The minimum Gasteiger partial charge on any atom is -0.421 e. The van der Waals surface area contributed by atoms with Crippen molar-refractivity contribution in [1.29, 1.82) is 10.5 Å². The van der Waals surface area contributed by atoms with Gasteiger partial charge in [0, 0.05) is 23.9 Å². The van der Waals surface area contributed by atoms with E-state index in [9.17, 15) is 0 Å². The molecule has 1 aromatic heterocycles. The maximum Gasteiger partial charge on any atom is 0.247 e. The second kappa shape index (κ2) is 7.61. The van der Waals surface area contributed by atoms with Gasteiger partial charge in [0.25, 0.3) is 0 Å². The number of benzene rings is 1. The molecule has 2 rings (SSSR count). The Kier molecular flexibility index (Phi) is 5.28. The molecule has 0 atom stereocenters. The van der Waals surface area contributed by atoms with Crippen LogP contribution in [0.4, 0.5) is 5.69 Å². The predicted octanol–water partition coefficient (Wildman–Crippen LogP) is 3.42. The normalized spacial score (nSPS) is 9.59. The number of nitriles is 2. The molecule has 0 bridgehead atoms.